The van der Waals surface area contributed by atoms with Gasteiger partial charge in [-0.15, -0.1) is 0 Å². The number of hydrogen-bond acceptors (Lipinski definition) is 6. The third-order valence-corrected chi connectivity index (χ3v) is 7.96. The maximum Gasteiger partial charge on any atom is 0.184 e. The minimum atomic E-state index is -0.524. The highest BCUT2D eigenvalue weighted by Crippen LogP contribution is 2.29. The third kappa shape index (κ3) is 9.73. The Balaban J connectivity index is 1.24. The maximum absolute atomic E-state index is 6.62. The van der Waals surface area contributed by atoms with Crippen LogP contribution in [0.25, 0.3) is 10.9 Å². The molecule has 0 radical (unpaired) electrons. The number of rotatable bonds is 18. The summed E-state index contributed by atoms with van der Waals surface area (Å²) in [4.78, 5) is 3.36. The van der Waals surface area contributed by atoms with Crippen molar-refractivity contribution in [3.8, 4) is 0 Å². The first kappa shape index (κ1) is 31.4. The number of nitrogens with two attached hydrogens (primary N) is 1. The zero-order valence-electron chi connectivity index (χ0n) is 25.1. The molecule has 0 spiro atoms. The SMILES string of the molecule is NCCCCCCOC[C@H]1O[C@@H](OCCc2c[nH]c3ccccc23)[C@H](OCc2ccccc2)C[C@H]1OCc1ccccc1. The van der Waals surface area contributed by atoms with Crippen molar-refractivity contribution < 1.29 is 23.7 Å². The Labute approximate surface area is 255 Å². The summed E-state index contributed by atoms with van der Waals surface area (Å²) in [5.41, 5.74) is 10.2. The van der Waals surface area contributed by atoms with Crippen molar-refractivity contribution in [2.45, 2.75) is 76.3 Å². The van der Waals surface area contributed by atoms with Crippen LogP contribution in [0.3, 0.4) is 0 Å². The van der Waals surface area contributed by atoms with Gasteiger partial charge in [0, 0.05) is 30.1 Å². The summed E-state index contributed by atoms with van der Waals surface area (Å²) in [5.74, 6) is 0. The summed E-state index contributed by atoms with van der Waals surface area (Å²) < 4.78 is 32.1. The summed E-state index contributed by atoms with van der Waals surface area (Å²) in [6.45, 7) is 3.38. The minimum absolute atomic E-state index is 0.188. The molecule has 0 unspecified atom stereocenters. The van der Waals surface area contributed by atoms with E-state index < -0.39 is 6.29 Å². The summed E-state index contributed by atoms with van der Waals surface area (Å²) >= 11 is 0. The van der Waals surface area contributed by atoms with E-state index in [-0.39, 0.29) is 18.3 Å². The second kappa shape index (κ2) is 17.3. The third-order valence-electron chi connectivity index (χ3n) is 7.96. The van der Waals surface area contributed by atoms with Gasteiger partial charge in [-0.1, -0.05) is 91.7 Å². The van der Waals surface area contributed by atoms with Crippen LogP contribution in [0.15, 0.2) is 91.1 Å². The first-order valence-corrected chi connectivity index (χ1v) is 15.7. The zero-order valence-corrected chi connectivity index (χ0v) is 25.1. The van der Waals surface area contributed by atoms with E-state index in [1.54, 1.807) is 0 Å². The predicted octanol–water partition coefficient (Wildman–Crippen LogP) is 6.55. The molecule has 1 saturated heterocycles. The van der Waals surface area contributed by atoms with E-state index in [4.69, 9.17) is 29.4 Å². The van der Waals surface area contributed by atoms with Gasteiger partial charge in [0.2, 0.25) is 0 Å². The van der Waals surface area contributed by atoms with Crippen LogP contribution >= 0.6 is 0 Å². The van der Waals surface area contributed by atoms with E-state index in [9.17, 15) is 0 Å². The number of aromatic nitrogens is 1. The number of hydrogen-bond donors (Lipinski definition) is 2. The van der Waals surface area contributed by atoms with Crippen LogP contribution in [0.4, 0.5) is 0 Å². The van der Waals surface area contributed by atoms with Crippen molar-refractivity contribution in [1.29, 1.82) is 0 Å². The van der Waals surface area contributed by atoms with Crippen LogP contribution < -0.4 is 5.73 Å². The predicted molar refractivity (Wildman–Crippen MR) is 170 cm³/mol. The summed E-state index contributed by atoms with van der Waals surface area (Å²) in [6, 6.07) is 28.8. The van der Waals surface area contributed by atoms with Crippen molar-refractivity contribution in [2.75, 3.05) is 26.4 Å². The lowest BCUT2D eigenvalue weighted by molar-refractivity contribution is -0.289. The topological polar surface area (TPSA) is 88.0 Å². The van der Waals surface area contributed by atoms with Crippen LogP contribution in [0.2, 0.25) is 0 Å². The Morgan fingerprint density at radius 1 is 0.721 bits per heavy atom. The first-order chi connectivity index (χ1) is 21.3. The highest BCUT2D eigenvalue weighted by Gasteiger charge is 2.40. The first-order valence-electron chi connectivity index (χ1n) is 15.7. The Kier molecular flexibility index (Phi) is 12.6. The van der Waals surface area contributed by atoms with Gasteiger partial charge in [-0.05, 0) is 48.6 Å². The molecule has 3 N–H and O–H groups in total. The van der Waals surface area contributed by atoms with E-state index >= 15 is 0 Å². The lowest BCUT2D eigenvalue weighted by Crippen LogP contribution is -2.52. The lowest BCUT2D eigenvalue weighted by atomic mass is 10.0. The highest BCUT2D eigenvalue weighted by atomic mass is 16.7. The molecule has 230 valence electrons. The molecular formula is C36H46N2O5. The van der Waals surface area contributed by atoms with Crippen LogP contribution in [0, 0.1) is 0 Å². The molecule has 7 heteroatoms. The van der Waals surface area contributed by atoms with Crippen LogP contribution in [-0.2, 0) is 43.3 Å². The maximum atomic E-state index is 6.62. The molecule has 0 aliphatic carbocycles. The van der Waals surface area contributed by atoms with E-state index in [0.29, 0.717) is 39.5 Å². The fourth-order valence-corrected chi connectivity index (χ4v) is 5.53. The Morgan fingerprint density at radius 2 is 1.40 bits per heavy atom. The van der Waals surface area contributed by atoms with Gasteiger partial charge in [-0.2, -0.15) is 0 Å². The average molecular weight is 587 g/mol. The van der Waals surface area contributed by atoms with Crippen molar-refractivity contribution >= 4 is 10.9 Å². The molecule has 0 amide bonds. The van der Waals surface area contributed by atoms with Gasteiger partial charge in [0.1, 0.15) is 12.2 Å². The molecule has 1 aliphatic rings. The quantitative estimate of drug-likeness (QED) is 0.129. The summed E-state index contributed by atoms with van der Waals surface area (Å²) in [7, 11) is 0. The minimum Gasteiger partial charge on any atom is -0.379 e. The zero-order chi connectivity index (χ0) is 29.5. The van der Waals surface area contributed by atoms with Gasteiger partial charge in [-0.3, -0.25) is 0 Å². The second-order valence-electron chi connectivity index (χ2n) is 11.2. The van der Waals surface area contributed by atoms with Gasteiger partial charge >= 0.3 is 0 Å². The Hall–Kier alpha value is -3.04. The number of unbranched alkanes of at least 4 members (excludes halogenated alkanes) is 3. The molecule has 4 aromatic rings. The van der Waals surface area contributed by atoms with Crippen LogP contribution in [0.1, 0.15) is 48.8 Å². The largest absolute Gasteiger partial charge is 0.379 e. The average Bonchev–Trinajstić information content (AvgIpc) is 3.47. The van der Waals surface area contributed by atoms with E-state index in [1.165, 1.54) is 10.9 Å². The Morgan fingerprint density at radius 3 is 2.14 bits per heavy atom. The van der Waals surface area contributed by atoms with Gasteiger partial charge in [-0.25, -0.2) is 0 Å². The van der Waals surface area contributed by atoms with E-state index in [1.807, 2.05) is 42.5 Å². The molecule has 1 aliphatic heterocycles. The number of benzene rings is 3. The lowest BCUT2D eigenvalue weighted by Gasteiger charge is -2.41. The molecule has 0 saturated carbocycles. The second-order valence-corrected chi connectivity index (χ2v) is 11.2. The normalized spacial score (nSPS) is 20.5. The van der Waals surface area contributed by atoms with Crippen molar-refractivity contribution in [2.24, 2.45) is 5.73 Å². The molecule has 1 fully saturated rings. The van der Waals surface area contributed by atoms with Crippen LogP contribution in [0.5, 0.6) is 0 Å². The fourth-order valence-electron chi connectivity index (χ4n) is 5.53. The molecule has 3 aromatic carbocycles. The molecule has 5 rings (SSSR count). The number of ether oxygens (including phenoxy) is 5. The fraction of sp³-hybridized carbons (Fsp3) is 0.444. The monoisotopic (exact) mass is 586 g/mol. The molecule has 7 nitrogen and oxygen atoms in total. The van der Waals surface area contributed by atoms with Crippen molar-refractivity contribution in [3.63, 3.8) is 0 Å². The number of aromatic amines is 1. The molecule has 1 aromatic heterocycles. The van der Waals surface area contributed by atoms with E-state index in [2.05, 4.69) is 53.6 Å². The molecule has 2 heterocycles. The van der Waals surface area contributed by atoms with E-state index in [0.717, 1.165) is 55.3 Å². The van der Waals surface area contributed by atoms with Gasteiger partial charge < -0.3 is 34.4 Å². The van der Waals surface area contributed by atoms with Crippen molar-refractivity contribution in [1.82, 2.24) is 4.98 Å². The number of fused-ring (bicyclic) bond motifs is 1. The van der Waals surface area contributed by atoms with Gasteiger partial charge in [0.05, 0.1) is 32.5 Å². The highest BCUT2D eigenvalue weighted by molar-refractivity contribution is 5.83. The van der Waals surface area contributed by atoms with Crippen molar-refractivity contribution in [3.05, 3.63) is 108 Å². The summed E-state index contributed by atoms with van der Waals surface area (Å²) in [5, 5.41) is 1.22. The molecule has 43 heavy (non-hydrogen) atoms. The summed E-state index contributed by atoms with van der Waals surface area (Å²) in [6.07, 6.45) is 6.56. The molecule has 4 atom stereocenters. The van der Waals surface area contributed by atoms with Gasteiger partial charge in [0.15, 0.2) is 6.29 Å². The number of para-hydroxylation sites is 1. The standard InChI is InChI=1S/C36H46N2O5/c37-20-11-1-2-12-21-39-27-35-33(41-25-28-13-5-3-6-14-28)23-34(42-26-29-15-7-4-8-16-29)36(43-35)40-22-19-30-24-38-32-18-10-9-17-31(30)32/h3-10,13-18,24,33-36,38H,1-2,11-12,19-23,25-27,37H2/t33-,34-,35-,36-/m1/s1. The molecular weight excluding hydrogens is 540 g/mol. The number of nitrogens with one attached hydrogen (secondary N) is 1. The van der Waals surface area contributed by atoms with Crippen LogP contribution in [-0.4, -0.2) is 56.0 Å². The Bertz CT molecular complexity index is 1310. The number of H-pyrrole nitrogens is 1. The van der Waals surface area contributed by atoms with Gasteiger partial charge in [0.25, 0.3) is 0 Å². The molecule has 0 bridgehead atoms. The smallest absolute Gasteiger partial charge is 0.184 e.